The summed E-state index contributed by atoms with van der Waals surface area (Å²) in [5.41, 5.74) is -1.41. The van der Waals surface area contributed by atoms with Gasteiger partial charge in [-0.25, -0.2) is 13.2 Å². The molecular weight excluding hydrogens is 339 g/mol. The normalized spacial score (nSPS) is 17.5. The van der Waals surface area contributed by atoms with Crippen LogP contribution in [-0.4, -0.2) is 53.1 Å². The Morgan fingerprint density at radius 1 is 1.39 bits per heavy atom. The van der Waals surface area contributed by atoms with Crippen molar-refractivity contribution < 1.29 is 31.5 Å². The molecule has 7 nitrogen and oxygen atoms in total. The molecule has 0 bridgehead atoms. The second-order valence-electron chi connectivity index (χ2n) is 5.51. The molecule has 0 radical (unpaired) electrons. The van der Waals surface area contributed by atoms with Crippen LogP contribution in [0.4, 0.5) is 18.0 Å². The summed E-state index contributed by atoms with van der Waals surface area (Å²) in [7, 11) is -2.94. The third kappa shape index (κ3) is 3.95. The zero-order chi connectivity index (χ0) is 17.4. The summed E-state index contributed by atoms with van der Waals surface area (Å²) < 4.78 is 64.1. The number of hydrogen-bond acceptors (Lipinski definition) is 4. The first-order valence-electron chi connectivity index (χ1n) is 6.82. The number of aryl methyl sites for hydroxylation is 1. The molecular formula is C12H16F3N3O4S. The fraction of sp³-hybridized carbons (Fsp3) is 0.667. The molecule has 1 aromatic heterocycles. The molecule has 2 heterocycles. The number of carboxylic acid groups (broad SMARTS) is 1. The monoisotopic (exact) mass is 355 g/mol. The zero-order valence-corrected chi connectivity index (χ0v) is 13.1. The molecule has 0 saturated carbocycles. The maximum Gasteiger partial charge on any atom is 0.436 e. The van der Waals surface area contributed by atoms with Crippen molar-refractivity contribution in [1.82, 2.24) is 14.7 Å². The highest BCUT2D eigenvalue weighted by Crippen LogP contribution is 2.34. The van der Waals surface area contributed by atoms with E-state index in [1.54, 1.807) is 0 Å². The fourth-order valence-corrected chi connectivity index (χ4v) is 4.48. The van der Waals surface area contributed by atoms with E-state index in [-0.39, 0.29) is 19.0 Å². The van der Waals surface area contributed by atoms with E-state index in [4.69, 9.17) is 5.11 Å². The molecule has 23 heavy (non-hydrogen) atoms. The number of aromatic nitrogens is 2. The number of amides is 1. The van der Waals surface area contributed by atoms with Crippen molar-refractivity contribution in [1.29, 1.82) is 0 Å². The van der Waals surface area contributed by atoms with E-state index >= 15 is 0 Å². The maximum absolute atomic E-state index is 12.9. The zero-order valence-electron chi connectivity index (χ0n) is 12.2. The number of nitrogens with zero attached hydrogens (tertiary/aromatic N) is 3. The SMILES string of the molecule is Cn1cc(S(=O)(=O)CC2CCN(C(=O)O)CC2)c(C(F)(F)F)n1. The Morgan fingerprint density at radius 3 is 2.43 bits per heavy atom. The van der Waals surface area contributed by atoms with Crippen LogP contribution in [0.3, 0.4) is 0 Å². The van der Waals surface area contributed by atoms with Gasteiger partial charge in [-0.1, -0.05) is 0 Å². The van der Waals surface area contributed by atoms with E-state index in [2.05, 4.69) is 5.10 Å². The first-order valence-corrected chi connectivity index (χ1v) is 8.47. The molecule has 1 aromatic rings. The van der Waals surface area contributed by atoms with Gasteiger partial charge in [-0.2, -0.15) is 18.3 Å². The Balaban J connectivity index is 2.16. The van der Waals surface area contributed by atoms with Gasteiger partial charge < -0.3 is 10.0 Å². The van der Waals surface area contributed by atoms with E-state index in [1.807, 2.05) is 0 Å². The topological polar surface area (TPSA) is 92.5 Å². The third-order valence-electron chi connectivity index (χ3n) is 3.74. The van der Waals surface area contributed by atoms with Gasteiger partial charge in [0.05, 0.1) is 5.75 Å². The minimum absolute atomic E-state index is 0.175. The molecule has 1 fully saturated rings. The number of sulfone groups is 1. The second kappa shape index (κ2) is 6.02. The Labute approximate surface area is 130 Å². The standard InChI is InChI=1S/C12H16F3N3O4S/c1-17-6-9(10(16-17)12(13,14)15)23(21,22)7-8-2-4-18(5-3-8)11(19)20/h6,8H,2-5,7H2,1H3,(H,19,20). The highest BCUT2D eigenvalue weighted by molar-refractivity contribution is 7.91. The lowest BCUT2D eigenvalue weighted by Gasteiger charge is -2.29. The van der Waals surface area contributed by atoms with Crippen LogP contribution in [0.5, 0.6) is 0 Å². The molecule has 0 atom stereocenters. The van der Waals surface area contributed by atoms with E-state index in [0.29, 0.717) is 12.8 Å². The molecule has 0 unspecified atom stereocenters. The number of likely N-dealkylation sites (tertiary alicyclic amines) is 1. The number of alkyl halides is 3. The van der Waals surface area contributed by atoms with Crippen LogP contribution >= 0.6 is 0 Å². The van der Waals surface area contributed by atoms with Crippen molar-refractivity contribution in [3.8, 4) is 0 Å². The summed E-state index contributed by atoms with van der Waals surface area (Å²) in [5.74, 6) is -0.827. The van der Waals surface area contributed by atoms with Crippen molar-refractivity contribution in [3.63, 3.8) is 0 Å². The van der Waals surface area contributed by atoms with Crippen LogP contribution in [0.25, 0.3) is 0 Å². The Morgan fingerprint density at radius 2 is 1.96 bits per heavy atom. The molecule has 0 aromatic carbocycles. The summed E-state index contributed by atoms with van der Waals surface area (Å²) in [6, 6.07) is 0. The van der Waals surface area contributed by atoms with Gasteiger partial charge in [-0.3, -0.25) is 4.68 Å². The molecule has 1 saturated heterocycles. The summed E-state index contributed by atoms with van der Waals surface area (Å²) in [6.07, 6.45) is -4.49. The van der Waals surface area contributed by atoms with E-state index in [0.717, 1.165) is 15.8 Å². The molecule has 1 amide bonds. The summed E-state index contributed by atoms with van der Waals surface area (Å²) in [4.78, 5) is 11.1. The van der Waals surface area contributed by atoms with Gasteiger partial charge in [0, 0.05) is 26.3 Å². The number of carbonyl (C=O) groups is 1. The maximum atomic E-state index is 12.9. The van der Waals surface area contributed by atoms with Gasteiger partial charge in [0.15, 0.2) is 15.5 Å². The Kier molecular flexibility index (Phi) is 4.60. The molecule has 0 aliphatic carbocycles. The minimum Gasteiger partial charge on any atom is -0.465 e. The fourth-order valence-electron chi connectivity index (χ4n) is 2.58. The summed E-state index contributed by atoms with van der Waals surface area (Å²) >= 11 is 0. The van der Waals surface area contributed by atoms with Crippen molar-refractivity contribution in [2.45, 2.75) is 23.9 Å². The quantitative estimate of drug-likeness (QED) is 0.889. The smallest absolute Gasteiger partial charge is 0.436 e. The van der Waals surface area contributed by atoms with Crippen LogP contribution in [0.2, 0.25) is 0 Å². The van der Waals surface area contributed by atoms with Crippen molar-refractivity contribution in [3.05, 3.63) is 11.9 Å². The lowest BCUT2D eigenvalue weighted by Crippen LogP contribution is -2.39. The van der Waals surface area contributed by atoms with Gasteiger partial charge in [0.25, 0.3) is 0 Å². The average molecular weight is 355 g/mol. The number of hydrogen-bond donors (Lipinski definition) is 1. The highest BCUT2D eigenvalue weighted by Gasteiger charge is 2.41. The van der Waals surface area contributed by atoms with Gasteiger partial charge in [0.1, 0.15) is 4.90 Å². The first-order chi connectivity index (χ1) is 10.5. The molecule has 2 rings (SSSR count). The van der Waals surface area contributed by atoms with Crippen molar-refractivity contribution in [2.24, 2.45) is 13.0 Å². The van der Waals surface area contributed by atoms with Crippen LogP contribution in [0.1, 0.15) is 18.5 Å². The average Bonchev–Trinajstić information content (AvgIpc) is 2.82. The lowest BCUT2D eigenvalue weighted by atomic mass is 9.99. The van der Waals surface area contributed by atoms with Crippen LogP contribution < -0.4 is 0 Å². The van der Waals surface area contributed by atoms with Gasteiger partial charge in [-0.05, 0) is 18.8 Å². The predicted octanol–water partition coefficient (Wildman–Crippen LogP) is 1.60. The Hall–Kier alpha value is -1.78. The molecule has 1 N–H and O–H groups in total. The lowest BCUT2D eigenvalue weighted by molar-refractivity contribution is -0.143. The van der Waals surface area contributed by atoms with Crippen LogP contribution in [0, 0.1) is 5.92 Å². The molecule has 11 heteroatoms. The minimum atomic E-state index is -4.85. The summed E-state index contributed by atoms with van der Waals surface area (Å²) in [5, 5.41) is 12.0. The Bertz CT molecular complexity index is 691. The highest BCUT2D eigenvalue weighted by atomic mass is 32.2. The second-order valence-corrected chi connectivity index (χ2v) is 7.51. The molecule has 1 aliphatic rings. The number of halogens is 3. The number of piperidine rings is 1. The van der Waals surface area contributed by atoms with Crippen molar-refractivity contribution in [2.75, 3.05) is 18.8 Å². The molecule has 1 aliphatic heterocycles. The summed E-state index contributed by atoms with van der Waals surface area (Å²) in [6.45, 7) is 0.351. The van der Waals surface area contributed by atoms with Gasteiger partial charge >= 0.3 is 12.3 Å². The van der Waals surface area contributed by atoms with E-state index < -0.39 is 38.4 Å². The van der Waals surface area contributed by atoms with Crippen LogP contribution in [0.15, 0.2) is 11.1 Å². The molecule has 0 spiro atoms. The van der Waals surface area contributed by atoms with Gasteiger partial charge in [-0.15, -0.1) is 0 Å². The van der Waals surface area contributed by atoms with Crippen molar-refractivity contribution >= 4 is 15.9 Å². The predicted molar refractivity (Wildman–Crippen MR) is 72.6 cm³/mol. The first kappa shape index (κ1) is 17.6. The van der Waals surface area contributed by atoms with E-state index in [1.165, 1.54) is 7.05 Å². The molecule has 130 valence electrons. The largest absolute Gasteiger partial charge is 0.465 e. The van der Waals surface area contributed by atoms with Crippen LogP contribution in [-0.2, 0) is 23.1 Å². The number of rotatable bonds is 3. The third-order valence-corrected chi connectivity index (χ3v) is 5.62. The van der Waals surface area contributed by atoms with E-state index in [9.17, 15) is 26.4 Å². The van der Waals surface area contributed by atoms with Gasteiger partial charge in [0.2, 0.25) is 0 Å².